The van der Waals surface area contributed by atoms with Crippen LogP contribution in [0.5, 0.6) is 11.5 Å². The standard InChI is InChI=1S/C10H10ClFO5/c1-16-8-4(7(13)10(14)15)3-5(11)6(12)9(8)17-2/h3,7,13H,1-2H3,(H,14,15). The van der Waals surface area contributed by atoms with E-state index in [0.717, 1.165) is 6.07 Å². The molecule has 0 bridgehead atoms. The van der Waals surface area contributed by atoms with Crippen molar-refractivity contribution in [1.29, 1.82) is 0 Å². The fraction of sp³-hybridized carbons (Fsp3) is 0.300. The zero-order valence-electron chi connectivity index (χ0n) is 9.03. The van der Waals surface area contributed by atoms with E-state index in [4.69, 9.17) is 26.2 Å². The highest BCUT2D eigenvalue weighted by Crippen LogP contribution is 2.40. The van der Waals surface area contributed by atoms with Gasteiger partial charge in [-0.3, -0.25) is 0 Å². The van der Waals surface area contributed by atoms with Gasteiger partial charge in [0.05, 0.1) is 19.2 Å². The summed E-state index contributed by atoms with van der Waals surface area (Å²) in [6.45, 7) is 0. The van der Waals surface area contributed by atoms with Gasteiger partial charge >= 0.3 is 5.97 Å². The smallest absolute Gasteiger partial charge is 0.337 e. The van der Waals surface area contributed by atoms with E-state index in [0.29, 0.717) is 0 Å². The molecule has 0 amide bonds. The van der Waals surface area contributed by atoms with Gasteiger partial charge in [0.25, 0.3) is 0 Å². The molecule has 5 nitrogen and oxygen atoms in total. The van der Waals surface area contributed by atoms with Crippen molar-refractivity contribution in [2.24, 2.45) is 0 Å². The fourth-order valence-corrected chi connectivity index (χ4v) is 1.54. The Bertz CT molecular complexity index is 449. The van der Waals surface area contributed by atoms with Crippen LogP contribution in [-0.2, 0) is 4.79 Å². The average molecular weight is 265 g/mol. The Kier molecular flexibility index (Phi) is 4.14. The number of carbonyl (C=O) groups is 1. The van der Waals surface area contributed by atoms with Gasteiger partial charge in [-0.25, -0.2) is 9.18 Å². The largest absolute Gasteiger partial charge is 0.492 e. The van der Waals surface area contributed by atoms with E-state index >= 15 is 0 Å². The van der Waals surface area contributed by atoms with Crippen LogP contribution in [0.15, 0.2) is 6.07 Å². The molecule has 17 heavy (non-hydrogen) atoms. The van der Waals surface area contributed by atoms with Crippen molar-refractivity contribution < 1.29 is 28.9 Å². The molecule has 0 spiro atoms. The number of carboxylic acid groups (broad SMARTS) is 1. The molecule has 0 saturated carbocycles. The van der Waals surface area contributed by atoms with Gasteiger partial charge in [0.2, 0.25) is 0 Å². The van der Waals surface area contributed by atoms with Crippen LogP contribution in [0, 0.1) is 5.82 Å². The number of rotatable bonds is 4. The quantitative estimate of drug-likeness (QED) is 0.864. The highest BCUT2D eigenvalue weighted by atomic mass is 35.5. The Labute approximate surface area is 101 Å². The summed E-state index contributed by atoms with van der Waals surface area (Å²) in [5.74, 6) is -2.94. The lowest BCUT2D eigenvalue weighted by Gasteiger charge is -2.16. The number of hydrogen-bond acceptors (Lipinski definition) is 4. The third-order valence-electron chi connectivity index (χ3n) is 2.10. The van der Waals surface area contributed by atoms with Gasteiger partial charge in [-0.05, 0) is 6.07 Å². The van der Waals surface area contributed by atoms with E-state index in [9.17, 15) is 14.3 Å². The number of hydrogen-bond donors (Lipinski definition) is 2. The van der Waals surface area contributed by atoms with Crippen molar-refractivity contribution in [1.82, 2.24) is 0 Å². The molecule has 1 rings (SSSR count). The molecule has 1 aromatic carbocycles. The molecular formula is C10H10ClFO5. The fourth-order valence-electron chi connectivity index (χ4n) is 1.33. The van der Waals surface area contributed by atoms with Gasteiger partial charge in [-0.15, -0.1) is 0 Å². The summed E-state index contributed by atoms with van der Waals surface area (Å²) in [6, 6.07) is 0.983. The summed E-state index contributed by atoms with van der Waals surface area (Å²) in [6.07, 6.45) is -1.88. The van der Waals surface area contributed by atoms with Crippen LogP contribution in [-0.4, -0.2) is 30.4 Å². The molecule has 0 saturated heterocycles. The normalized spacial score (nSPS) is 12.1. The minimum atomic E-state index is -1.88. The Hall–Kier alpha value is -1.53. The maximum atomic E-state index is 13.5. The Balaban J connectivity index is 3.49. The maximum absolute atomic E-state index is 13.5. The monoisotopic (exact) mass is 264 g/mol. The number of benzene rings is 1. The van der Waals surface area contributed by atoms with Crippen LogP contribution in [0.3, 0.4) is 0 Å². The molecule has 0 fully saturated rings. The molecule has 1 atom stereocenters. The highest BCUT2D eigenvalue weighted by Gasteiger charge is 2.27. The zero-order valence-corrected chi connectivity index (χ0v) is 9.79. The molecule has 1 aromatic rings. The third kappa shape index (κ3) is 2.42. The van der Waals surface area contributed by atoms with Crippen molar-refractivity contribution >= 4 is 17.6 Å². The molecule has 7 heteroatoms. The Morgan fingerprint density at radius 3 is 2.35 bits per heavy atom. The molecule has 0 heterocycles. The van der Waals surface area contributed by atoms with Gasteiger partial charge in [0, 0.05) is 5.56 Å². The van der Waals surface area contributed by atoms with Crippen LogP contribution in [0.25, 0.3) is 0 Å². The van der Waals surface area contributed by atoms with Crippen molar-refractivity contribution in [2.45, 2.75) is 6.10 Å². The first-order valence-corrected chi connectivity index (χ1v) is 4.82. The van der Waals surface area contributed by atoms with Crippen LogP contribution in [0.2, 0.25) is 5.02 Å². The first-order chi connectivity index (χ1) is 7.93. The number of halogens is 2. The van der Waals surface area contributed by atoms with Crippen molar-refractivity contribution in [3.05, 3.63) is 22.5 Å². The number of aliphatic hydroxyl groups excluding tert-OH is 1. The molecule has 94 valence electrons. The van der Waals surface area contributed by atoms with E-state index in [1.807, 2.05) is 0 Å². The second-order valence-corrected chi connectivity index (χ2v) is 3.48. The van der Waals surface area contributed by atoms with E-state index in [1.54, 1.807) is 0 Å². The number of aliphatic hydroxyl groups is 1. The van der Waals surface area contributed by atoms with Gasteiger partial charge in [-0.2, -0.15) is 0 Å². The van der Waals surface area contributed by atoms with Crippen molar-refractivity contribution in [3.63, 3.8) is 0 Å². The van der Waals surface area contributed by atoms with Crippen LogP contribution in [0.1, 0.15) is 11.7 Å². The molecule has 0 aliphatic rings. The van der Waals surface area contributed by atoms with E-state index in [2.05, 4.69) is 0 Å². The lowest BCUT2D eigenvalue weighted by molar-refractivity contribution is -0.147. The average Bonchev–Trinajstić information content (AvgIpc) is 2.30. The number of aliphatic carboxylic acids is 1. The molecule has 1 unspecified atom stereocenters. The summed E-state index contributed by atoms with van der Waals surface area (Å²) >= 11 is 5.56. The minimum absolute atomic E-state index is 0.178. The van der Waals surface area contributed by atoms with Crippen LogP contribution in [0.4, 0.5) is 4.39 Å². The summed E-state index contributed by atoms with van der Waals surface area (Å²) in [7, 11) is 2.37. The van der Waals surface area contributed by atoms with E-state index < -0.39 is 17.9 Å². The van der Waals surface area contributed by atoms with Crippen LogP contribution >= 0.6 is 11.6 Å². The van der Waals surface area contributed by atoms with Crippen molar-refractivity contribution in [3.8, 4) is 11.5 Å². The molecular weight excluding hydrogens is 255 g/mol. The van der Waals surface area contributed by atoms with Gasteiger partial charge < -0.3 is 19.7 Å². The highest BCUT2D eigenvalue weighted by molar-refractivity contribution is 6.31. The van der Waals surface area contributed by atoms with E-state index in [-0.39, 0.29) is 22.1 Å². The molecule has 0 aromatic heterocycles. The third-order valence-corrected chi connectivity index (χ3v) is 2.37. The number of methoxy groups -OCH3 is 2. The molecule has 0 aliphatic heterocycles. The number of ether oxygens (including phenoxy) is 2. The first-order valence-electron chi connectivity index (χ1n) is 4.44. The van der Waals surface area contributed by atoms with E-state index in [1.165, 1.54) is 14.2 Å². The summed E-state index contributed by atoms with van der Waals surface area (Å²) < 4.78 is 23.1. The summed E-state index contributed by atoms with van der Waals surface area (Å²) in [5, 5.41) is 17.8. The first kappa shape index (κ1) is 13.5. The van der Waals surface area contributed by atoms with Crippen molar-refractivity contribution in [2.75, 3.05) is 14.2 Å². The molecule has 0 aliphatic carbocycles. The topological polar surface area (TPSA) is 76.0 Å². The second-order valence-electron chi connectivity index (χ2n) is 3.07. The predicted molar refractivity (Wildman–Crippen MR) is 57.1 cm³/mol. The maximum Gasteiger partial charge on any atom is 0.337 e. The number of carboxylic acids is 1. The second kappa shape index (κ2) is 5.20. The minimum Gasteiger partial charge on any atom is -0.492 e. The Morgan fingerprint density at radius 2 is 1.94 bits per heavy atom. The predicted octanol–water partition coefficient (Wildman–Crippen LogP) is 1.61. The zero-order chi connectivity index (χ0) is 13.2. The lowest BCUT2D eigenvalue weighted by Crippen LogP contribution is -2.13. The van der Waals surface area contributed by atoms with Crippen LogP contribution < -0.4 is 9.47 Å². The van der Waals surface area contributed by atoms with Gasteiger partial charge in [-0.1, -0.05) is 11.6 Å². The van der Waals surface area contributed by atoms with Gasteiger partial charge in [0.15, 0.2) is 23.4 Å². The molecule has 0 radical (unpaired) electrons. The Morgan fingerprint density at radius 1 is 1.41 bits per heavy atom. The summed E-state index contributed by atoms with van der Waals surface area (Å²) in [4.78, 5) is 10.7. The summed E-state index contributed by atoms with van der Waals surface area (Å²) in [5.41, 5.74) is -0.178. The SMILES string of the molecule is COc1c(C(O)C(=O)O)cc(Cl)c(F)c1OC. The molecule has 2 N–H and O–H groups in total. The van der Waals surface area contributed by atoms with Gasteiger partial charge in [0.1, 0.15) is 0 Å². The lowest BCUT2D eigenvalue weighted by atomic mass is 10.1.